The number of nitrogens with one attached hydrogen (secondary N) is 1. The number of halogens is 1. The average Bonchev–Trinajstić information content (AvgIpc) is 2.74. The van der Waals surface area contributed by atoms with Crippen molar-refractivity contribution in [2.75, 3.05) is 12.0 Å². The summed E-state index contributed by atoms with van der Waals surface area (Å²) < 4.78 is 6.84. The summed E-state index contributed by atoms with van der Waals surface area (Å²) in [6.07, 6.45) is 2.58. The van der Waals surface area contributed by atoms with Crippen molar-refractivity contribution in [3.63, 3.8) is 0 Å². The van der Waals surface area contributed by atoms with E-state index in [4.69, 9.17) is 16.0 Å². The van der Waals surface area contributed by atoms with Gasteiger partial charge in [0.05, 0.1) is 5.69 Å². The number of anilines is 1. The molecular weight excluding hydrogens is 408 g/mol. The first-order valence-electron chi connectivity index (χ1n) is 10.2. The van der Waals surface area contributed by atoms with E-state index < -0.39 is 8.32 Å². The minimum absolute atomic E-state index is 0.0219. The van der Waals surface area contributed by atoms with Crippen molar-refractivity contribution in [2.24, 2.45) is 5.10 Å². The van der Waals surface area contributed by atoms with Gasteiger partial charge in [-0.25, -0.2) is 0 Å². The third-order valence-electron chi connectivity index (χ3n) is 5.09. The Labute approximate surface area is 185 Å². The molecule has 0 spiro atoms. The van der Waals surface area contributed by atoms with E-state index >= 15 is 0 Å². The Kier molecular flexibility index (Phi) is 7.48. The smallest absolute Gasteiger partial charge is 0.261 e. The Morgan fingerprint density at radius 2 is 1.50 bits per heavy atom. The van der Waals surface area contributed by atoms with Crippen LogP contribution in [0.25, 0.3) is 0 Å². The molecule has 3 rings (SSSR count). The third-order valence-corrected chi connectivity index (χ3v) is 10.4. The first-order chi connectivity index (χ1) is 14.4. The van der Waals surface area contributed by atoms with Crippen molar-refractivity contribution >= 4 is 42.2 Å². The number of hydrogen-bond acceptors (Lipinski definition) is 3. The molecule has 30 heavy (non-hydrogen) atoms. The van der Waals surface area contributed by atoms with Gasteiger partial charge in [-0.05, 0) is 33.6 Å². The van der Waals surface area contributed by atoms with Crippen LogP contribution in [-0.4, -0.2) is 21.1 Å². The van der Waals surface area contributed by atoms with Crippen molar-refractivity contribution in [1.29, 1.82) is 0 Å². The molecule has 0 heterocycles. The highest BCUT2D eigenvalue weighted by molar-refractivity contribution is 6.99. The maximum atomic E-state index is 6.84. The van der Waals surface area contributed by atoms with E-state index in [0.717, 1.165) is 12.1 Å². The minimum Gasteiger partial charge on any atom is -0.407 e. The zero-order valence-electron chi connectivity index (χ0n) is 17.8. The molecule has 0 aliphatic rings. The highest BCUT2D eigenvalue weighted by Gasteiger charge is 2.49. The van der Waals surface area contributed by atoms with Gasteiger partial charge in [-0.2, -0.15) is 5.10 Å². The molecule has 3 nitrogen and oxygen atoms in total. The summed E-state index contributed by atoms with van der Waals surface area (Å²) in [5, 5.41) is 7.55. The lowest BCUT2D eigenvalue weighted by molar-refractivity contribution is 0.309. The molecule has 0 saturated carbocycles. The van der Waals surface area contributed by atoms with Gasteiger partial charge in [-0.1, -0.05) is 99.1 Å². The van der Waals surface area contributed by atoms with Crippen LogP contribution in [0.2, 0.25) is 10.1 Å². The van der Waals surface area contributed by atoms with Crippen LogP contribution in [0.1, 0.15) is 27.2 Å². The molecule has 156 valence electrons. The van der Waals surface area contributed by atoms with Crippen molar-refractivity contribution in [2.45, 2.75) is 32.2 Å². The summed E-state index contributed by atoms with van der Waals surface area (Å²) in [6, 6.07) is 28.9. The molecule has 3 aromatic rings. The van der Waals surface area contributed by atoms with Gasteiger partial charge in [0, 0.05) is 24.3 Å². The molecule has 0 bridgehead atoms. The fourth-order valence-electron chi connectivity index (χ4n) is 3.77. The van der Waals surface area contributed by atoms with Crippen LogP contribution in [0.15, 0.2) is 90.0 Å². The first kappa shape index (κ1) is 22.3. The number of hydrogen-bond donors (Lipinski definition) is 1. The predicted molar refractivity (Wildman–Crippen MR) is 132 cm³/mol. The summed E-state index contributed by atoms with van der Waals surface area (Å²) in [4.78, 5) is 0. The van der Waals surface area contributed by atoms with Gasteiger partial charge in [0.2, 0.25) is 0 Å². The molecule has 0 radical (unpaired) electrons. The van der Waals surface area contributed by atoms with Crippen molar-refractivity contribution in [3.05, 3.63) is 90.0 Å². The summed E-state index contributed by atoms with van der Waals surface area (Å²) in [5.41, 5.74) is 3.88. The Morgan fingerprint density at radius 1 is 0.900 bits per heavy atom. The number of nitrogens with zero attached hydrogens (tertiary/aromatic N) is 1. The van der Waals surface area contributed by atoms with Crippen LogP contribution >= 0.6 is 11.6 Å². The summed E-state index contributed by atoms with van der Waals surface area (Å²) in [7, 11) is -2.48. The minimum atomic E-state index is -2.48. The van der Waals surface area contributed by atoms with E-state index in [1.807, 2.05) is 30.5 Å². The molecule has 1 N–H and O–H groups in total. The summed E-state index contributed by atoms with van der Waals surface area (Å²) >= 11 is 6.01. The van der Waals surface area contributed by atoms with Crippen molar-refractivity contribution < 1.29 is 4.43 Å². The molecule has 3 aromatic carbocycles. The van der Waals surface area contributed by atoms with Gasteiger partial charge in [0.15, 0.2) is 0 Å². The van der Waals surface area contributed by atoms with Gasteiger partial charge >= 0.3 is 0 Å². The molecule has 0 aliphatic heterocycles. The SMILES string of the molecule is CC(C)(C)[Si](OCCC=NNc1cccc(Cl)c1)(c1ccccc1)c1ccccc1. The molecule has 0 aromatic heterocycles. The molecule has 0 fully saturated rings. The van der Waals surface area contributed by atoms with Crippen LogP contribution in [0.3, 0.4) is 0 Å². The maximum absolute atomic E-state index is 6.84. The zero-order chi connectivity index (χ0) is 21.5. The van der Waals surface area contributed by atoms with Crippen molar-refractivity contribution in [1.82, 2.24) is 0 Å². The first-order valence-corrected chi connectivity index (χ1v) is 12.5. The third kappa shape index (κ3) is 5.20. The zero-order valence-corrected chi connectivity index (χ0v) is 19.6. The average molecular weight is 437 g/mol. The summed E-state index contributed by atoms with van der Waals surface area (Å²) in [6.45, 7) is 7.46. The fourth-order valence-corrected chi connectivity index (χ4v) is 8.54. The van der Waals surface area contributed by atoms with E-state index in [1.165, 1.54) is 10.4 Å². The van der Waals surface area contributed by atoms with E-state index in [1.54, 1.807) is 0 Å². The van der Waals surface area contributed by atoms with Crippen LogP contribution in [0.5, 0.6) is 0 Å². The van der Waals surface area contributed by atoms with E-state index in [9.17, 15) is 0 Å². The Balaban J connectivity index is 1.77. The fraction of sp³-hybridized carbons (Fsp3) is 0.240. The largest absolute Gasteiger partial charge is 0.407 e. The normalized spacial score (nSPS) is 12.3. The number of benzene rings is 3. The second kappa shape index (κ2) is 10.1. The standard InChI is InChI=1S/C25H29ClN2OSi/c1-25(2,3)30(23-14-6-4-7-15-23,24-16-8-5-9-17-24)29-19-11-18-27-28-22-13-10-12-21(26)20-22/h4-10,12-18,20,28H,11,19H2,1-3H3. The van der Waals surface area contributed by atoms with Gasteiger partial charge in [0.1, 0.15) is 0 Å². The monoisotopic (exact) mass is 436 g/mol. The van der Waals surface area contributed by atoms with Gasteiger partial charge < -0.3 is 4.43 Å². The second-order valence-corrected chi connectivity index (χ2v) is 13.0. The van der Waals surface area contributed by atoms with Crippen LogP contribution in [0, 0.1) is 0 Å². The number of rotatable bonds is 8. The van der Waals surface area contributed by atoms with Gasteiger partial charge in [-0.3, -0.25) is 5.43 Å². The topological polar surface area (TPSA) is 33.6 Å². The van der Waals surface area contributed by atoms with Crippen molar-refractivity contribution in [3.8, 4) is 0 Å². The lowest BCUT2D eigenvalue weighted by atomic mass is 10.2. The number of hydrazone groups is 1. The lowest BCUT2D eigenvalue weighted by Crippen LogP contribution is -2.66. The highest BCUT2D eigenvalue weighted by Crippen LogP contribution is 2.36. The highest BCUT2D eigenvalue weighted by atomic mass is 35.5. The maximum Gasteiger partial charge on any atom is 0.261 e. The van der Waals surface area contributed by atoms with Gasteiger partial charge in [-0.15, -0.1) is 0 Å². The molecule has 0 atom stereocenters. The molecule has 0 amide bonds. The van der Waals surface area contributed by atoms with E-state index in [-0.39, 0.29) is 5.04 Å². The van der Waals surface area contributed by atoms with Gasteiger partial charge in [0.25, 0.3) is 8.32 Å². The molecular formula is C25H29ClN2OSi. The predicted octanol–water partition coefficient (Wildman–Crippen LogP) is 5.70. The van der Waals surface area contributed by atoms with E-state index in [2.05, 4.69) is 92.0 Å². The summed E-state index contributed by atoms with van der Waals surface area (Å²) in [5.74, 6) is 0. The van der Waals surface area contributed by atoms with Crippen LogP contribution in [-0.2, 0) is 4.43 Å². The Bertz CT molecular complexity index is 916. The molecule has 0 saturated heterocycles. The Hall–Kier alpha value is -2.40. The van der Waals surface area contributed by atoms with E-state index in [0.29, 0.717) is 11.6 Å². The molecule has 0 aliphatic carbocycles. The van der Waals surface area contributed by atoms with Crippen LogP contribution in [0.4, 0.5) is 5.69 Å². The lowest BCUT2D eigenvalue weighted by Gasteiger charge is -2.43. The second-order valence-electron chi connectivity index (χ2n) is 8.23. The quantitative estimate of drug-likeness (QED) is 0.212. The van der Waals surface area contributed by atoms with Crippen LogP contribution < -0.4 is 15.8 Å². The Morgan fingerprint density at radius 3 is 2.03 bits per heavy atom. The molecule has 0 unspecified atom stereocenters. The molecule has 5 heteroatoms.